The van der Waals surface area contributed by atoms with Crippen LogP contribution in [0.5, 0.6) is 0 Å². The molecule has 0 aliphatic heterocycles. The molecule has 0 aliphatic rings. The first-order valence-electron chi connectivity index (χ1n) is 5.36. The van der Waals surface area contributed by atoms with Gasteiger partial charge in [-0.2, -0.15) is 0 Å². The van der Waals surface area contributed by atoms with Gasteiger partial charge < -0.3 is 56.6 Å². The summed E-state index contributed by atoms with van der Waals surface area (Å²) in [6, 6.07) is 0. The summed E-state index contributed by atoms with van der Waals surface area (Å²) in [6.07, 6.45) is 0. The molecule has 0 saturated heterocycles. The molecule has 0 aliphatic carbocycles. The fraction of sp³-hybridized carbons (Fsp3) is 1.00. The molecule has 0 bridgehead atoms. The summed E-state index contributed by atoms with van der Waals surface area (Å²) in [5.74, 6) is 0.0252. The van der Waals surface area contributed by atoms with Gasteiger partial charge in [-0.15, -0.1) is 34.8 Å². The van der Waals surface area contributed by atoms with Crippen LogP contribution in [0.2, 0.25) is 0 Å². The van der Waals surface area contributed by atoms with E-state index in [9.17, 15) is 43.1 Å². The molecule has 0 aromatic rings. The maximum atomic E-state index is 9.58. The van der Waals surface area contributed by atoms with Gasteiger partial charge in [0.25, 0.3) is 0 Å². The molecule has 12 nitrogen and oxygen atoms in total. The monoisotopic (exact) mass is 528 g/mol. The van der Waals surface area contributed by atoms with Crippen LogP contribution in [-0.4, -0.2) is 72.2 Å². The molecule has 0 saturated carbocycles. The molecular formula is C6H12Al2Cl3O12P3. The Morgan fingerprint density at radius 1 is 0.538 bits per heavy atom. The number of phosphoric ester groups is 3. The fourth-order valence-corrected chi connectivity index (χ4v) is 1.94. The second-order valence-corrected chi connectivity index (χ2v) is 7.50. The Morgan fingerprint density at radius 2 is 0.692 bits per heavy atom. The molecule has 0 atom stereocenters. The van der Waals surface area contributed by atoms with Crippen LogP contribution in [0.3, 0.4) is 0 Å². The second kappa shape index (κ2) is 22.0. The summed E-state index contributed by atoms with van der Waals surface area (Å²) >= 11 is 15.0. The summed E-state index contributed by atoms with van der Waals surface area (Å²) in [5, 5.41) is 0. The van der Waals surface area contributed by atoms with Crippen molar-refractivity contribution < 1.29 is 56.6 Å². The Balaban J connectivity index is -0.0000000817. The summed E-state index contributed by atoms with van der Waals surface area (Å²) in [6.45, 7) is -0.733. The Hall–Kier alpha value is 2.26. The van der Waals surface area contributed by atoms with Gasteiger partial charge >= 0.3 is 34.7 Å². The van der Waals surface area contributed by atoms with E-state index in [4.69, 9.17) is 34.8 Å². The quantitative estimate of drug-likeness (QED) is 0.161. The summed E-state index contributed by atoms with van der Waals surface area (Å²) < 4.78 is 39.8. The molecule has 0 radical (unpaired) electrons. The third kappa shape index (κ3) is 56.2. The number of rotatable bonds is 9. The molecule has 0 N–H and O–H groups in total. The van der Waals surface area contributed by atoms with Crippen molar-refractivity contribution in [3.05, 3.63) is 0 Å². The van der Waals surface area contributed by atoms with Crippen molar-refractivity contribution in [3.8, 4) is 0 Å². The Bertz CT molecular complexity index is 367. The van der Waals surface area contributed by atoms with Crippen molar-refractivity contribution in [2.75, 3.05) is 37.5 Å². The van der Waals surface area contributed by atoms with Crippen LogP contribution < -0.4 is 29.4 Å². The molecule has 0 aromatic heterocycles. The minimum Gasteiger partial charge on any atom is -0.790 e. The van der Waals surface area contributed by atoms with E-state index in [1.54, 1.807) is 0 Å². The molecular weight excluding hydrogens is 517 g/mol. The molecule has 20 heteroatoms. The standard InChI is InChI=1S/3C2H6ClO4P.2Al/c3*3-1-2-7-8(4,5)6;;/h3*1-2H2,(H2,4,5,6);;/q;;;2*+3/p-6. The zero-order chi connectivity index (χ0) is 19.9. The van der Waals surface area contributed by atoms with Gasteiger partial charge in [-0.05, 0) is 0 Å². The first-order valence-corrected chi connectivity index (χ1v) is 11.3. The third-order valence-corrected chi connectivity index (χ3v) is 2.94. The van der Waals surface area contributed by atoms with Crippen LogP contribution in [0.25, 0.3) is 0 Å². The van der Waals surface area contributed by atoms with Gasteiger partial charge in [-0.3, -0.25) is 0 Å². The van der Waals surface area contributed by atoms with Gasteiger partial charge in [0, 0.05) is 17.6 Å². The van der Waals surface area contributed by atoms with E-state index in [-0.39, 0.29) is 72.2 Å². The first-order chi connectivity index (χ1) is 10.7. The fourth-order valence-electron chi connectivity index (χ4n) is 0.439. The van der Waals surface area contributed by atoms with Crippen LogP contribution in [-0.2, 0) is 27.3 Å². The van der Waals surface area contributed by atoms with Crippen LogP contribution >= 0.6 is 58.3 Å². The Kier molecular flexibility index (Phi) is 32.8. The van der Waals surface area contributed by atoms with Gasteiger partial charge in [0.05, 0.1) is 43.3 Å². The summed E-state index contributed by atoms with van der Waals surface area (Å²) in [7, 11) is -14.3. The smallest absolute Gasteiger partial charge is 0.790 e. The average Bonchev–Trinajstić information content (AvgIpc) is 2.39. The molecule has 0 rings (SSSR count). The van der Waals surface area contributed by atoms with Crippen LogP contribution in [0.1, 0.15) is 0 Å². The van der Waals surface area contributed by atoms with Crippen molar-refractivity contribution >= 4 is 93.0 Å². The topological polar surface area (TPSA) is 217 Å². The number of alkyl halides is 3. The number of phosphoric acid groups is 3. The van der Waals surface area contributed by atoms with Gasteiger partial charge in [0.1, 0.15) is 0 Å². The Labute approximate surface area is 186 Å². The molecule has 0 amide bonds. The van der Waals surface area contributed by atoms with Crippen molar-refractivity contribution in [3.63, 3.8) is 0 Å². The largest absolute Gasteiger partial charge is 3.00 e. The zero-order valence-corrected chi connectivity index (χ0v) is 20.0. The second-order valence-electron chi connectivity index (χ2n) is 2.91. The normalized spacial score (nSPS) is 11.0. The van der Waals surface area contributed by atoms with Crippen LogP contribution in [0.15, 0.2) is 0 Å². The van der Waals surface area contributed by atoms with Crippen LogP contribution in [0, 0.1) is 0 Å². The van der Waals surface area contributed by atoms with E-state index in [2.05, 4.69) is 13.6 Å². The minimum atomic E-state index is -4.77. The van der Waals surface area contributed by atoms with E-state index >= 15 is 0 Å². The van der Waals surface area contributed by atoms with E-state index in [0.29, 0.717) is 0 Å². The van der Waals surface area contributed by atoms with Crippen molar-refractivity contribution in [2.45, 2.75) is 0 Å². The molecule has 0 aromatic carbocycles. The van der Waals surface area contributed by atoms with Gasteiger partial charge in [-0.1, -0.05) is 0 Å². The number of halogens is 3. The zero-order valence-electron chi connectivity index (χ0n) is 12.8. The van der Waals surface area contributed by atoms with Gasteiger partial charge in [-0.25, -0.2) is 0 Å². The molecule has 150 valence electrons. The predicted molar refractivity (Wildman–Crippen MR) is 84.3 cm³/mol. The minimum absolute atomic E-state index is 0. The Morgan fingerprint density at radius 3 is 0.731 bits per heavy atom. The number of hydrogen-bond acceptors (Lipinski definition) is 12. The molecule has 0 heterocycles. The average molecular weight is 529 g/mol. The van der Waals surface area contributed by atoms with E-state index in [1.165, 1.54) is 0 Å². The SMILES string of the molecule is O=P([O-])([O-])OCCCl.O=P([O-])([O-])OCCCl.O=P([O-])([O-])OCCCl.[Al+3].[Al+3]. The molecule has 0 spiro atoms. The van der Waals surface area contributed by atoms with Crippen molar-refractivity contribution in [1.82, 2.24) is 0 Å². The number of hydrogen-bond donors (Lipinski definition) is 0. The molecule has 0 fully saturated rings. The first kappa shape index (κ1) is 38.8. The van der Waals surface area contributed by atoms with Crippen LogP contribution in [0.4, 0.5) is 0 Å². The third-order valence-electron chi connectivity index (χ3n) is 0.980. The maximum absolute atomic E-state index is 9.58. The van der Waals surface area contributed by atoms with Crippen molar-refractivity contribution in [2.24, 2.45) is 0 Å². The molecule has 26 heavy (non-hydrogen) atoms. The van der Waals surface area contributed by atoms with Gasteiger partial charge in [0.15, 0.2) is 0 Å². The van der Waals surface area contributed by atoms with E-state index in [0.717, 1.165) is 0 Å². The summed E-state index contributed by atoms with van der Waals surface area (Å²) in [4.78, 5) is 57.5. The summed E-state index contributed by atoms with van der Waals surface area (Å²) in [5.41, 5.74) is 0. The van der Waals surface area contributed by atoms with Crippen molar-refractivity contribution in [1.29, 1.82) is 0 Å². The maximum Gasteiger partial charge on any atom is 3.00 e. The predicted octanol–water partition coefficient (Wildman–Crippen LogP) is -3.55. The van der Waals surface area contributed by atoms with E-state index in [1.807, 2.05) is 0 Å². The van der Waals surface area contributed by atoms with E-state index < -0.39 is 23.5 Å². The van der Waals surface area contributed by atoms with Gasteiger partial charge in [0.2, 0.25) is 0 Å². The molecule has 0 unspecified atom stereocenters.